The van der Waals surface area contributed by atoms with Crippen molar-refractivity contribution < 1.29 is 22.3 Å². The van der Waals surface area contributed by atoms with Crippen LogP contribution in [0.3, 0.4) is 0 Å². The van der Waals surface area contributed by atoms with Crippen molar-refractivity contribution in [2.75, 3.05) is 0 Å². The van der Waals surface area contributed by atoms with Crippen LogP contribution in [0.5, 0.6) is 5.75 Å². The number of rotatable bonds is 6. The lowest BCUT2D eigenvalue weighted by Gasteiger charge is -2.21. The van der Waals surface area contributed by atoms with Crippen LogP contribution >= 0.6 is 12.4 Å². The highest BCUT2D eigenvalue weighted by Gasteiger charge is 2.44. The van der Waals surface area contributed by atoms with E-state index in [1.54, 1.807) is 6.07 Å². The standard InChI is InChI=1S/C13H17F4NO.ClH/c1-3-8(2)11(18)9-5-4-6-10(7-9)19-13(16,17)12(14)15;/h4-8,11-12H,3,18H2,1-2H3;1H/t8?,11-;/m0./s1. The van der Waals surface area contributed by atoms with E-state index in [1.807, 2.05) is 13.8 Å². The topological polar surface area (TPSA) is 35.2 Å². The number of benzene rings is 1. The van der Waals surface area contributed by atoms with Crippen LogP contribution in [0.4, 0.5) is 17.6 Å². The van der Waals surface area contributed by atoms with Gasteiger partial charge in [0.2, 0.25) is 0 Å². The molecule has 0 aliphatic heterocycles. The van der Waals surface area contributed by atoms with E-state index < -0.39 is 12.5 Å². The van der Waals surface area contributed by atoms with E-state index in [-0.39, 0.29) is 30.1 Å². The number of alkyl halides is 4. The van der Waals surface area contributed by atoms with Gasteiger partial charge in [0, 0.05) is 6.04 Å². The Morgan fingerprint density at radius 3 is 2.40 bits per heavy atom. The van der Waals surface area contributed by atoms with Gasteiger partial charge in [-0.05, 0) is 23.6 Å². The highest BCUT2D eigenvalue weighted by Crippen LogP contribution is 2.30. The van der Waals surface area contributed by atoms with Crippen molar-refractivity contribution in [3.8, 4) is 5.75 Å². The van der Waals surface area contributed by atoms with Gasteiger partial charge in [0.1, 0.15) is 5.75 Å². The van der Waals surface area contributed by atoms with Crippen LogP contribution in [0.2, 0.25) is 0 Å². The van der Waals surface area contributed by atoms with Gasteiger partial charge in [-0.25, -0.2) is 0 Å². The van der Waals surface area contributed by atoms with Crippen LogP contribution in [0.1, 0.15) is 31.9 Å². The first kappa shape index (κ1) is 19.0. The van der Waals surface area contributed by atoms with Crippen LogP contribution in [0.25, 0.3) is 0 Å². The maximum atomic E-state index is 12.8. The predicted molar refractivity (Wildman–Crippen MR) is 71.7 cm³/mol. The van der Waals surface area contributed by atoms with Gasteiger partial charge in [0.05, 0.1) is 0 Å². The molecule has 20 heavy (non-hydrogen) atoms. The molecule has 1 aromatic rings. The Morgan fingerprint density at radius 2 is 1.90 bits per heavy atom. The van der Waals surface area contributed by atoms with Crippen molar-refractivity contribution in [1.82, 2.24) is 0 Å². The lowest BCUT2D eigenvalue weighted by molar-refractivity contribution is -0.253. The average molecular weight is 316 g/mol. The third-order valence-corrected chi connectivity index (χ3v) is 3.01. The van der Waals surface area contributed by atoms with E-state index in [9.17, 15) is 17.6 Å². The maximum absolute atomic E-state index is 12.8. The zero-order valence-electron chi connectivity index (χ0n) is 11.2. The summed E-state index contributed by atoms with van der Waals surface area (Å²) in [5, 5.41) is 0. The molecule has 0 spiro atoms. The van der Waals surface area contributed by atoms with E-state index in [0.717, 1.165) is 6.42 Å². The van der Waals surface area contributed by atoms with Crippen molar-refractivity contribution >= 4 is 12.4 Å². The van der Waals surface area contributed by atoms with E-state index in [4.69, 9.17) is 5.73 Å². The van der Waals surface area contributed by atoms with Gasteiger partial charge in [-0.3, -0.25) is 0 Å². The highest BCUT2D eigenvalue weighted by molar-refractivity contribution is 5.85. The fraction of sp³-hybridized carbons (Fsp3) is 0.538. The molecule has 0 radical (unpaired) electrons. The maximum Gasteiger partial charge on any atom is 0.461 e. The van der Waals surface area contributed by atoms with E-state index in [2.05, 4.69) is 4.74 Å². The zero-order valence-corrected chi connectivity index (χ0v) is 12.0. The lowest BCUT2D eigenvalue weighted by Crippen LogP contribution is -2.33. The van der Waals surface area contributed by atoms with Crippen LogP contribution in [0.15, 0.2) is 24.3 Å². The molecular weight excluding hydrogens is 298 g/mol. The van der Waals surface area contributed by atoms with Gasteiger partial charge < -0.3 is 10.5 Å². The first-order chi connectivity index (χ1) is 8.77. The first-order valence-electron chi connectivity index (χ1n) is 5.98. The number of halogens is 5. The molecule has 2 nitrogen and oxygen atoms in total. The summed E-state index contributed by atoms with van der Waals surface area (Å²) in [6.07, 6.45) is -7.56. The molecule has 0 aromatic heterocycles. The molecule has 116 valence electrons. The Labute approximate surface area is 121 Å². The number of ether oxygens (including phenoxy) is 1. The third-order valence-electron chi connectivity index (χ3n) is 3.01. The Bertz CT molecular complexity index is 417. The monoisotopic (exact) mass is 315 g/mol. The summed E-state index contributed by atoms with van der Waals surface area (Å²) in [5.41, 5.74) is 6.53. The fourth-order valence-corrected chi connectivity index (χ4v) is 1.57. The second-order valence-electron chi connectivity index (χ2n) is 4.45. The third kappa shape index (κ3) is 4.83. The summed E-state index contributed by atoms with van der Waals surface area (Å²) in [4.78, 5) is 0. The van der Waals surface area contributed by atoms with Crippen molar-refractivity contribution in [1.29, 1.82) is 0 Å². The van der Waals surface area contributed by atoms with E-state index in [1.165, 1.54) is 18.2 Å². The lowest BCUT2D eigenvalue weighted by atomic mass is 9.93. The number of nitrogens with two attached hydrogens (primary N) is 1. The fourth-order valence-electron chi connectivity index (χ4n) is 1.57. The summed E-state index contributed by atoms with van der Waals surface area (Å²) in [5.74, 6) is -0.174. The van der Waals surface area contributed by atoms with Gasteiger partial charge in [-0.15, -0.1) is 12.4 Å². The van der Waals surface area contributed by atoms with Crippen molar-refractivity contribution in [2.45, 2.75) is 38.8 Å². The summed E-state index contributed by atoms with van der Waals surface area (Å²) in [6.45, 7) is 3.88. The van der Waals surface area contributed by atoms with Crippen LogP contribution in [-0.2, 0) is 0 Å². The quantitative estimate of drug-likeness (QED) is 0.790. The number of hydrogen-bond acceptors (Lipinski definition) is 2. The van der Waals surface area contributed by atoms with Gasteiger partial charge >= 0.3 is 12.5 Å². The van der Waals surface area contributed by atoms with Crippen molar-refractivity contribution in [3.63, 3.8) is 0 Å². The molecular formula is C13H18ClF4NO. The minimum Gasteiger partial charge on any atom is -0.428 e. The van der Waals surface area contributed by atoms with Gasteiger partial charge in [0.25, 0.3) is 0 Å². The molecule has 0 saturated carbocycles. The Morgan fingerprint density at radius 1 is 1.30 bits per heavy atom. The summed E-state index contributed by atoms with van der Waals surface area (Å²) in [6, 6.07) is 5.23. The van der Waals surface area contributed by atoms with Crippen LogP contribution in [-0.4, -0.2) is 12.5 Å². The van der Waals surface area contributed by atoms with Gasteiger partial charge in [-0.1, -0.05) is 32.4 Å². The minimum absolute atomic E-state index is 0. The predicted octanol–water partition coefficient (Wildman–Crippen LogP) is 4.39. The van der Waals surface area contributed by atoms with E-state index >= 15 is 0 Å². The molecule has 0 bridgehead atoms. The Kier molecular flexibility index (Phi) is 7.30. The second kappa shape index (κ2) is 7.69. The molecule has 0 saturated heterocycles. The molecule has 7 heteroatoms. The average Bonchev–Trinajstić information content (AvgIpc) is 2.36. The summed E-state index contributed by atoms with van der Waals surface area (Å²) >= 11 is 0. The van der Waals surface area contributed by atoms with Crippen LogP contribution in [0, 0.1) is 5.92 Å². The summed E-state index contributed by atoms with van der Waals surface area (Å²) in [7, 11) is 0. The normalized spacial score (nSPS) is 14.6. The second-order valence-corrected chi connectivity index (χ2v) is 4.45. The molecule has 1 aromatic carbocycles. The SMILES string of the molecule is CCC(C)[C@H](N)c1cccc(OC(F)(F)C(F)F)c1.Cl. The molecule has 0 heterocycles. The minimum atomic E-state index is -4.50. The van der Waals surface area contributed by atoms with E-state index in [0.29, 0.717) is 5.56 Å². The smallest absolute Gasteiger partial charge is 0.428 e. The Balaban J connectivity index is 0.00000361. The zero-order chi connectivity index (χ0) is 14.6. The molecule has 1 unspecified atom stereocenters. The number of hydrogen-bond donors (Lipinski definition) is 1. The van der Waals surface area contributed by atoms with Gasteiger partial charge in [0.15, 0.2) is 0 Å². The van der Waals surface area contributed by atoms with Crippen LogP contribution < -0.4 is 10.5 Å². The molecule has 2 N–H and O–H groups in total. The molecule has 2 atom stereocenters. The molecule has 0 aliphatic carbocycles. The van der Waals surface area contributed by atoms with Crippen molar-refractivity contribution in [3.05, 3.63) is 29.8 Å². The molecule has 0 fully saturated rings. The first-order valence-corrected chi connectivity index (χ1v) is 5.98. The molecule has 1 rings (SSSR count). The van der Waals surface area contributed by atoms with Crippen molar-refractivity contribution in [2.24, 2.45) is 11.7 Å². The Hall–Kier alpha value is -1.01. The molecule has 0 aliphatic rings. The van der Waals surface area contributed by atoms with Gasteiger partial charge in [-0.2, -0.15) is 17.6 Å². The summed E-state index contributed by atoms with van der Waals surface area (Å²) < 4.78 is 53.7. The highest BCUT2D eigenvalue weighted by atomic mass is 35.5. The largest absolute Gasteiger partial charge is 0.461 e. The molecule has 0 amide bonds.